The highest BCUT2D eigenvalue weighted by molar-refractivity contribution is 7.91. The molecule has 388 valence electrons. The minimum atomic E-state index is -3.81. The van der Waals surface area contributed by atoms with E-state index >= 15 is 0 Å². The molecule has 0 radical (unpaired) electrons. The molecule has 2 aromatic carbocycles. The van der Waals surface area contributed by atoms with Crippen LogP contribution in [0.3, 0.4) is 0 Å². The van der Waals surface area contributed by atoms with Gasteiger partial charge in [0.05, 0.1) is 103 Å². The Kier molecular flexibility index (Phi) is 16.9. The highest BCUT2D eigenvalue weighted by Crippen LogP contribution is 2.38. The number of para-hydroxylation sites is 2. The SMILES string of the molecule is COc1cncc(-c2nnc(CS(=O)(=O)[C@@H](C)Cc3ncc(F)cn3)n2-c2c(OC)cccc2OC)n1.COc1cncc(-c2nnc(CS(=O)(=O)[C@H](C)Cc3ncc(F)cn3)n2-c2c(OC)cccc2OC)n1. The Morgan fingerprint density at radius 2 is 0.824 bits per heavy atom. The second kappa shape index (κ2) is 23.4. The lowest BCUT2D eigenvalue weighted by Crippen LogP contribution is -2.24. The van der Waals surface area contributed by atoms with E-state index in [2.05, 4.69) is 60.3 Å². The van der Waals surface area contributed by atoms with E-state index < -0.39 is 53.3 Å². The molecule has 0 amide bonds. The lowest BCUT2D eigenvalue weighted by atomic mass is 10.2. The van der Waals surface area contributed by atoms with Crippen LogP contribution in [-0.4, -0.2) is 139 Å². The molecule has 0 fully saturated rings. The topological polar surface area (TPSA) is 288 Å². The van der Waals surface area contributed by atoms with E-state index in [1.807, 2.05) is 0 Å². The first-order chi connectivity index (χ1) is 35.5. The molecule has 6 heterocycles. The molecule has 0 N–H and O–H groups in total. The van der Waals surface area contributed by atoms with Crippen LogP contribution in [0, 0.1) is 11.6 Å². The van der Waals surface area contributed by atoms with Gasteiger partial charge in [-0.25, -0.2) is 55.5 Å². The molecule has 0 aliphatic heterocycles. The first-order valence-electron chi connectivity index (χ1n) is 21.9. The van der Waals surface area contributed by atoms with E-state index in [9.17, 15) is 25.6 Å². The molecule has 0 bridgehead atoms. The highest BCUT2D eigenvalue weighted by atomic mass is 32.2. The summed E-state index contributed by atoms with van der Waals surface area (Å²) < 4.78 is 115. The van der Waals surface area contributed by atoms with Crippen molar-refractivity contribution in [3.05, 3.63) is 121 Å². The number of benzene rings is 2. The van der Waals surface area contributed by atoms with Gasteiger partial charge in [-0.2, -0.15) is 0 Å². The van der Waals surface area contributed by atoms with Crippen LogP contribution < -0.4 is 28.4 Å². The Balaban J connectivity index is 0.000000216. The number of sulfone groups is 2. The van der Waals surface area contributed by atoms with Crippen molar-refractivity contribution in [3.63, 3.8) is 0 Å². The molecule has 0 aliphatic carbocycles. The van der Waals surface area contributed by atoms with Crippen molar-refractivity contribution >= 4 is 19.7 Å². The largest absolute Gasteiger partial charge is 0.494 e. The van der Waals surface area contributed by atoms with Crippen molar-refractivity contribution in [2.75, 3.05) is 42.7 Å². The molecule has 8 rings (SSSR count). The lowest BCUT2D eigenvalue weighted by Gasteiger charge is -2.18. The average molecular weight is 1060 g/mol. The quantitative estimate of drug-likeness (QED) is 0.102. The fourth-order valence-electron chi connectivity index (χ4n) is 7.14. The van der Waals surface area contributed by atoms with Crippen molar-refractivity contribution in [1.82, 2.24) is 69.4 Å². The van der Waals surface area contributed by atoms with E-state index in [4.69, 9.17) is 28.4 Å². The zero-order valence-corrected chi connectivity index (χ0v) is 42.6. The van der Waals surface area contributed by atoms with Crippen LogP contribution >= 0.6 is 0 Å². The Hall–Kier alpha value is -8.40. The van der Waals surface area contributed by atoms with Crippen molar-refractivity contribution < 1.29 is 54.0 Å². The maximum absolute atomic E-state index is 13.4. The van der Waals surface area contributed by atoms with Gasteiger partial charge in [0.15, 0.2) is 54.6 Å². The minimum Gasteiger partial charge on any atom is -0.494 e. The molecular formula is C46H48F2N14O10S2. The molecule has 0 spiro atoms. The third kappa shape index (κ3) is 12.1. The first-order valence-corrected chi connectivity index (χ1v) is 25.4. The Morgan fingerprint density at radius 3 is 1.14 bits per heavy atom. The molecule has 0 saturated heterocycles. The maximum Gasteiger partial charge on any atom is 0.232 e. The van der Waals surface area contributed by atoms with Gasteiger partial charge in [0.25, 0.3) is 0 Å². The summed E-state index contributed by atoms with van der Waals surface area (Å²) in [6.07, 6.45) is 9.72. The van der Waals surface area contributed by atoms with Crippen LogP contribution in [0.1, 0.15) is 37.1 Å². The smallest absolute Gasteiger partial charge is 0.232 e. The summed E-state index contributed by atoms with van der Waals surface area (Å²) in [5, 5.41) is 15.1. The van der Waals surface area contributed by atoms with Crippen LogP contribution in [0.2, 0.25) is 0 Å². The molecule has 24 nitrogen and oxygen atoms in total. The molecule has 0 saturated carbocycles. The molecule has 0 unspecified atom stereocenters. The lowest BCUT2D eigenvalue weighted by molar-refractivity contribution is 0.390. The minimum absolute atomic E-state index is 0.0110. The zero-order chi connectivity index (χ0) is 53.2. The van der Waals surface area contributed by atoms with Gasteiger partial charge in [-0.15, -0.1) is 20.4 Å². The number of nitrogens with zero attached hydrogens (tertiary/aromatic N) is 14. The third-order valence-electron chi connectivity index (χ3n) is 11.0. The summed E-state index contributed by atoms with van der Waals surface area (Å²) in [5.74, 6) is 0.861. The summed E-state index contributed by atoms with van der Waals surface area (Å²) in [5.41, 5.74) is 1.35. The fourth-order valence-corrected chi connectivity index (χ4v) is 9.60. The zero-order valence-electron chi connectivity index (χ0n) is 41.0. The van der Waals surface area contributed by atoms with E-state index in [0.29, 0.717) is 34.4 Å². The monoisotopic (exact) mass is 1060 g/mol. The van der Waals surface area contributed by atoms with Gasteiger partial charge >= 0.3 is 0 Å². The van der Waals surface area contributed by atoms with Crippen LogP contribution in [0.15, 0.2) is 86.0 Å². The molecule has 0 aliphatic rings. The number of hydrogen-bond donors (Lipinski definition) is 0. The first kappa shape index (κ1) is 53.4. The van der Waals surface area contributed by atoms with Crippen molar-refractivity contribution in [2.45, 2.75) is 48.7 Å². The fraction of sp³-hybridized carbons (Fsp3) is 0.304. The Labute approximate surface area is 423 Å². The van der Waals surface area contributed by atoms with Gasteiger partial charge < -0.3 is 28.4 Å². The third-order valence-corrected chi connectivity index (χ3v) is 15.1. The van der Waals surface area contributed by atoms with Gasteiger partial charge in [-0.3, -0.25) is 19.1 Å². The second-order valence-electron chi connectivity index (χ2n) is 15.7. The normalized spacial score (nSPS) is 12.2. The molecule has 74 heavy (non-hydrogen) atoms. The summed E-state index contributed by atoms with van der Waals surface area (Å²) in [6, 6.07) is 10.3. The number of ether oxygens (including phenoxy) is 6. The Bertz CT molecular complexity index is 3170. The van der Waals surface area contributed by atoms with Gasteiger partial charge in [0.2, 0.25) is 11.8 Å². The van der Waals surface area contributed by atoms with E-state index in [1.165, 1.54) is 90.4 Å². The number of halogens is 2. The average Bonchev–Trinajstić information content (AvgIpc) is 4.02. The van der Waals surface area contributed by atoms with Gasteiger partial charge in [-0.1, -0.05) is 12.1 Å². The van der Waals surface area contributed by atoms with E-state index in [1.54, 1.807) is 36.4 Å². The molecule has 2 atom stereocenters. The second-order valence-corrected chi connectivity index (χ2v) is 20.6. The van der Waals surface area contributed by atoms with Gasteiger partial charge in [-0.05, 0) is 38.1 Å². The van der Waals surface area contributed by atoms with E-state index in [0.717, 1.165) is 24.8 Å². The van der Waals surface area contributed by atoms with Gasteiger partial charge in [0, 0.05) is 12.8 Å². The number of hydrogen-bond acceptors (Lipinski definition) is 22. The van der Waals surface area contributed by atoms with Crippen molar-refractivity contribution in [1.29, 1.82) is 0 Å². The number of aromatic nitrogens is 14. The van der Waals surface area contributed by atoms with Crippen LogP contribution in [0.25, 0.3) is 34.4 Å². The Morgan fingerprint density at radius 1 is 0.486 bits per heavy atom. The van der Waals surface area contributed by atoms with Crippen molar-refractivity contribution in [2.24, 2.45) is 0 Å². The molecule has 6 aromatic heterocycles. The van der Waals surface area contributed by atoms with Crippen LogP contribution in [0.5, 0.6) is 34.8 Å². The highest BCUT2D eigenvalue weighted by Gasteiger charge is 2.32. The predicted octanol–water partition coefficient (Wildman–Crippen LogP) is 4.45. The predicted molar refractivity (Wildman–Crippen MR) is 260 cm³/mol. The molecule has 8 aromatic rings. The summed E-state index contributed by atoms with van der Waals surface area (Å²) in [7, 11) is 1.20. The van der Waals surface area contributed by atoms with Crippen molar-refractivity contribution in [3.8, 4) is 69.2 Å². The number of rotatable bonds is 20. The number of methoxy groups -OCH3 is 6. The summed E-state index contributed by atoms with van der Waals surface area (Å²) >= 11 is 0. The van der Waals surface area contributed by atoms with Crippen LogP contribution in [-0.2, 0) is 44.0 Å². The maximum atomic E-state index is 13.4. The molecular weight excluding hydrogens is 1010 g/mol. The molecule has 28 heteroatoms. The summed E-state index contributed by atoms with van der Waals surface area (Å²) in [6.45, 7) is 3.06. The van der Waals surface area contributed by atoms with Crippen LogP contribution in [0.4, 0.5) is 8.78 Å². The van der Waals surface area contributed by atoms with E-state index in [-0.39, 0.29) is 70.9 Å². The standard InChI is InChI=1S/2C23H24FN7O5S/c2*1-14(8-19-26-9-15(24)10-27-19)37(32,33)13-20-29-30-23(16-11-25-12-21(28-16)36-4)31(20)22-17(34-2)6-5-7-18(22)35-3/h2*5-7,9-12,14H,8,13H2,1-4H3/t2*14-/m10/s1. The summed E-state index contributed by atoms with van der Waals surface area (Å²) in [4.78, 5) is 32.5. The van der Waals surface area contributed by atoms with Gasteiger partial charge in [0.1, 0.15) is 68.9 Å².